The van der Waals surface area contributed by atoms with Crippen LogP contribution in [0.15, 0.2) is 24.3 Å². The summed E-state index contributed by atoms with van der Waals surface area (Å²) in [5.74, 6) is 0.684. The van der Waals surface area contributed by atoms with Crippen molar-refractivity contribution < 1.29 is 9.53 Å². The molecule has 1 aliphatic carbocycles. The summed E-state index contributed by atoms with van der Waals surface area (Å²) in [6.45, 7) is 0.704. The Morgan fingerprint density at radius 1 is 1.29 bits per heavy atom. The number of benzene rings is 1. The Balaban J connectivity index is 2.01. The van der Waals surface area contributed by atoms with E-state index in [0.717, 1.165) is 12.8 Å². The molecule has 2 rings (SSSR count). The third kappa shape index (κ3) is 3.76. The van der Waals surface area contributed by atoms with Crippen LogP contribution in [0, 0.1) is 0 Å². The second-order valence-corrected chi connectivity index (χ2v) is 6.09. The van der Waals surface area contributed by atoms with Gasteiger partial charge in [-0.1, -0.05) is 25.3 Å². The van der Waals surface area contributed by atoms with Crippen LogP contribution in [0.1, 0.15) is 42.5 Å². The molecule has 1 fully saturated rings. The lowest BCUT2D eigenvalue weighted by Gasteiger charge is -2.43. The van der Waals surface area contributed by atoms with Gasteiger partial charge in [0.05, 0.1) is 7.11 Å². The summed E-state index contributed by atoms with van der Waals surface area (Å²) in [6, 6.07) is 7.29. The van der Waals surface area contributed by atoms with Gasteiger partial charge >= 0.3 is 0 Å². The molecule has 4 nitrogen and oxygen atoms in total. The summed E-state index contributed by atoms with van der Waals surface area (Å²) in [4.78, 5) is 14.6. The van der Waals surface area contributed by atoms with Crippen molar-refractivity contribution in [3.63, 3.8) is 0 Å². The SMILES string of the molecule is COc1cccc(C(=O)NCC2(N(C)C)CCCCC2)c1. The zero-order chi connectivity index (χ0) is 15.3. The second kappa shape index (κ2) is 6.94. The molecule has 0 radical (unpaired) electrons. The Kier molecular flexibility index (Phi) is 5.23. The number of hydrogen-bond donors (Lipinski definition) is 1. The minimum Gasteiger partial charge on any atom is -0.497 e. The van der Waals surface area contributed by atoms with Crippen LogP contribution < -0.4 is 10.1 Å². The number of nitrogens with zero attached hydrogens (tertiary/aromatic N) is 1. The Morgan fingerprint density at radius 3 is 2.62 bits per heavy atom. The van der Waals surface area contributed by atoms with Gasteiger partial charge in [0, 0.05) is 17.6 Å². The number of likely N-dealkylation sites (N-methyl/N-ethyl adjacent to an activating group) is 1. The van der Waals surface area contributed by atoms with Crippen LogP contribution in [-0.4, -0.2) is 44.1 Å². The van der Waals surface area contributed by atoms with Gasteiger partial charge in [0.2, 0.25) is 0 Å². The summed E-state index contributed by atoms with van der Waals surface area (Å²) < 4.78 is 5.17. The fourth-order valence-electron chi connectivity index (χ4n) is 3.10. The highest BCUT2D eigenvalue weighted by Gasteiger charge is 2.34. The van der Waals surface area contributed by atoms with Crippen molar-refractivity contribution >= 4 is 5.91 Å². The summed E-state index contributed by atoms with van der Waals surface area (Å²) in [7, 11) is 5.84. The molecular formula is C17H26N2O2. The Morgan fingerprint density at radius 2 is 2.00 bits per heavy atom. The van der Waals surface area contributed by atoms with E-state index in [-0.39, 0.29) is 11.4 Å². The van der Waals surface area contributed by atoms with E-state index >= 15 is 0 Å². The van der Waals surface area contributed by atoms with E-state index in [2.05, 4.69) is 24.3 Å². The molecule has 0 unspecified atom stereocenters. The first-order valence-corrected chi connectivity index (χ1v) is 7.67. The number of amides is 1. The number of nitrogens with one attached hydrogen (secondary N) is 1. The van der Waals surface area contributed by atoms with Gasteiger partial charge < -0.3 is 15.0 Å². The van der Waals surface area contributed by atoms with Crippen molar-refractivity contribution in [2.75, 3.05) is 27.7 Å². The van der Waals surface area contributed by atoms with Crippen LogP contribution in [0.25, 0.3) is 0 Å². The van der Waals surface area contributed by atoms with E-state index in [1.165, 1.54) is 19.3 Å². The highest BCUT2D eigenvalue weighted by Crippen LogP contribution is 2.31. The van der Waals surface area contributed by atoms with Gasteiger partial charge in [0.25, 0.3) is 5.91 Å². The van der Waals surface area contributed by atoms with Gasteiger partial charge in [-0.15, -0.1) is 0 Å². The molecule has 4 heteroatoms. The van der Waals surface area contributed by atoms with Gasteiger partial charge in [-0.3, -0.25) is 4.79 Å². The molecule has 0 atom stereocenters. The fraction of sp³-hybridized carbons (Fsp3) is 0.588. The fourth-order valence-corrected chi connectivity index (χ4v) is 3.10. The molecule has 21 heavy (non-hydrogen) atoms. The lowest BCUT2D eigenvalue weighted by Crippen LogP contribution is -2.53. The molecule has 0 saturated heterocycles. The highest BCUT2D eigenvalue weighted by molar-refractivity contribution is 5.94. The minimum absolute atomic E-state index is 0.0271. The minimum atomic E-state index is -0.0271. The third-order valence-corrected chi connectivity index (χ3v) is 4.64. The molecule has 0 spiro atoms. The van der Waals surface area contributed by atoms with Crippen molar-refractivity contribution in [1.82, 2.24) is 10.2 Å². The largest absolute Gasteiger partial charge is 0.497 e. The molecule has 1 aliphatic rings. The molecule has 1 saturated carbocycles. The molecule has 0 heterocycles. The molecule has 0 bridgehead atoms. The van der Waals surface area contributed by atoms with Crippen LogP contribution >= 0.6 is 0 Å². The maximum absolute atomic E-state index is 12.3. The molecule has 116 valence electrons. The van der Waals surface area contributed by atoms with E-state index < -0.39 is 0 Å². The normalized spacial score (nSPS) is 17.5. The zero-order valence-corrected chi connectivity index (χ0v) is 13.3. The van der Waals surface area contributed by atoms with Crippen molar-refractivity contribution in [3.8, 4) is 5.75 Å². The van der Waals surface area contributed by atoms with Gasteiger partial charge in [-0.25, -0.2) is 0 Å². The predicted molar refractivity (Wildman–Crippen MR) is 84.8 cm³/mol. The quantitative estimate of drug-likeness (QED) is 0.906. The van der Waals surface area contributed by atoms with E-state index in [1.807, 2.05) is 18.2 Å². The van der Waals surface area contributed by atoms with Crippen molar-refractivity contribution in [3.05, 3.63) is 29.8 Å². The van der Waals surface area contributed by atoms with Gasteiger partial charge in [-0.2, -0.15) is 0 Å². The molecule has 1 aromatic rings. The summed E-state index contributed by atoms with van der Waals surface area (Å²) in [5, 5.41) is 3.11. The smallest absolute Gasteiger partial charge is 0.251 e. The van der Waals surface area contributed by atoms with E-state index in [9.17, 15) is 4.79 Å². The predicted octanol–water partition coefficient (Wildman–Crippen LogP) is 2.69. The number of carbonyl (C=O) groups excluding carboxylic acids is 1. The number of hydrogen-bond acceptors (Lipinski definition) is 3. The lowest BCUT2D eigenvalue weighted by molar-refractivity contribution is 0.0799. The number of rotatable bonds is 5. The first-order valence-electron chi connectivity index (χ1n) is 7.67. The Labute approximate surface area is 127 Å². The first kappa shape index (κ1) is 15.8. The average molecular weight is 290 g/mol. The molecular weight excluding hydrogens is 264 g/mol. The van der Waals surface area contributed by atoms with Crippen LogP contribution in [-0.2, 0) is 0 Å². The van der Waals surface area contributed by atoms with E-state index in [1.54, 1.807) is 13.2 Å². The molecule has 1 aromatic carbocycles. The first-order chi connectivity index (χ1) is 10.1. The second-order valence-electron chi connectivity index (χ2n) is 6.09. The van der Waals surface area contributed by atoms with Crippen molar-refractivity contribution in [2.24, 2.45) is 0 Å². The van der Waals surface area contributed by atoms with Crippen LogP contribution in [0.3, 0.4) is 0 Å². The number of carbonyl (C=O) groups is 1. The zero-order valence-electron chi connectivity index (χ0n) is 13.3. The average Bonchev–Trinajstić information content (AvgIpc) is 2.53. The summed E-state index contributed by atoms with van der Waals surface area (Å²) >= 11 is 0. The van der Waals surface area contributed by atoms with Crippen LogP contribution in [0.5, 0.6) is 5.75 Å². The van der Waals surface area contributed by atoms with Crippen LogP contribution in [0.2, 0.25) is 0 Å². The summed E-state index contributed by atoms with van der Waals surface area (Å²) in [6.07, 6.45) is 6.09. The van der Waals surface area contributed by atoms with Gasteiger partial charge in [0.15, 0.2) is 0 Å². The maximum atomic E-state index is 12.3. The van der Waals surface area contributed by atoms with Crippen LogP contribution in [0.4, 0.5) is 0 Å². The van der Waals surface area contributed by atoms with E-state index in [0.29, 0.717) is 17.9 Å². The lowest BCUT2D eigenvalue weighted by atomic mass is 9.80. The van der Waals surface area contributed by atoms with Crippen molar-refractivity contribution in [1.29, 1.82) is 0 Å². The van der Waals surface area contributed by atoms with Gasteiger partial charge in [0.1, 0.15) is 5.75 Å². The summed E-state index contributed by atoms with van der Waals surface area (Å²) in [5.41, 5.74) is 0.756. The maximum Gasteiger partial charge on any atom is 0.251 e. The van der Waals surface area contributed by atoms with Gasteiger partial charge in [-0.05, 0) is 45.1 Å². The standard InChI is InChI=1S/C17H26N2O2/c1-19(2)17(10-5-4-6-11-17)13-18-16(20)14-8-7-9-15(12-14)21-3/h7-9,12H,4-6,10-11,13H2,1-3H3,(H,18,20). The Bertz CT molecular complexity index is 479. The monoisotopic (exact) mass is 290 g/mol. The molecule has 1 N–H and O–H groups in total. The third-order valence-electron chi connectivity index (χ3n) is 4.64. The topological polar surface area (TPSA) is 41.6 Å². The van der Waals surface area contributed by atoms with Crippen molar-refractivity contribution in [2.45, 2.75) is 37.6 Å². The Hall–Kier alpha value is -1.55. The molecule has 0 aromatic heterocycles. The molecule has 1 amide bonds. The number of methoxy groups -OCH3 is 1. The molecule has 0 aliphatic heterocycles. The highest BCUT2D eigenvalue weighted by atomic mass is 16.5. The van der Waals surface area contributed by atoms with E-state index in [4.69, 9.17) is 4.74 Å². The number of ether oxygens (including phenoxy) is 1.